The molecule has 0 radical (unpaired) electrons. The lowest BCUT2D eigenvalue weighted by Gasteiger charge is -2.28. The van der Waals surface area contributed by atoms with Crippen LogP contribution in [0.4, 0.5) is 0 Å². The van der Waals surface area contributed by atoms with Crippen molar-refractivity contribution in [3.8, 4) is 0 Å². The van der Waals surface area contributed by atoms with E-state index in [1.54, 1.807) is 0 Å². The van der Waals surface area contributed by atoms with Gasteiger partial charge in [0.25, 0.3) is 0 Å². The Labute approximate surface area is 114 Å². The molecule has 1 rings (SSSR count). The van der Waals surface area contributed by atoms with Gasteiger partial charge in [-0.25, -0.2) is 0 Å². The van der Waals surface area contributed by atoms with Crippen LogP contribution < -0.4 is 5.32 Å². The lowest BCUT2D eigenvalue weighted by Crippen LogP contribution is -2.42. The molecule has 2 unspecified atom stereocenters. The first-order valence-corrected chi connectivity index (χ1v) is 7.57. The molecule has 18 heavy (non-hydrogen) atoms. The van der Waals surface area contributed by atoms with Crippen molar-refractivity contribution < 1.29 is 0 Å². The summed E-state index contributed by atoms with van der Waals surface area (Å²) in [5.74, 6) is 0.777. The molecule has 1 heterocycles. The maximum atomic E-state index is 3.80. The Morgan fingerprint density at radius 3 is 2.56 bits per heavy atom. The smallest absolute Gasteiger partial charge is 0.0217 e. The van der Waals surface area contributed by atoms with Gasteiger partial charge in [0.05, 0.1) is 0 Å². The van der Waals surface area contributed by atoms with Crippen LogP contribution in [0.5, 0.6) is 0 Å². The van der Waals surface area contributed by atoms with E-state index in [1.807, 2.05) is 0 Å². The zero-order valence-electron chi connectivity index (χ0n) is 13.1. The number of rotatable bonds is 6. The fraction of sp³-hybridized carbons (Fsp3) is 1.00. The molecule has 0 aliphatic carbocycles. The Kier molecular flexibility index (Phi) is 7.20. The fourth-order valence-electron chi connectivity index (χ4n) is 2.77. The first kappa shape index (κ1) is 15.9. The topological polar surface area (TPSA) is 18.5 Å². The van der Waals surface area contributed by atoms with E-state index in [4.69, 9.17) is 0 Å². The van der Waals surface area contributed by atoms with Crippen LogP contribution in [0.3, 0.4) is 0 Å². The molecule has 0 aromatic rings. The fourth-order valence-corrected chi connectivity index (χ4v) is 2.77. The number of likely N-dealkylation sites (tertiary alicyclic amines) is 1. The van der Waals surface area contributed by atoms with Crippen LogP contribution in [0, 0.1) is 5.92 Å². The minimum absolute atomic E-state index is 0.672. The molecule has 3 heteroatoms. The number of hydrogen-bond donors (Lipinski definition) is 1. The van der Waals surface area contributed by atoms with Gasteiger partial charge in [-0.15, -0.1) is 0 Å². The summed E-state index contributed by atoms with van der Waals surface area (Å²) in [5, 5.41) is 3.80. The summed E-state index contributed by atoms with van der Waals surface area (Å²) in [6.07, 6.45) is 5.27. The highest BCUT2D eigenvalue weighted by Crippen LogP contribution is 2.12. The normalized spacial score (nSPS) is 24.5. The second kappa shape index (κ2) is 8.13. The average molecular weight is 255 g/mol. The van der Waals surface area contributed by atoms with Crippen molar-refractivity contribution in [2.24, 2.45) is 5.92 Å². The zero-order chi connectivity index (χ0) is 13.5. The van der Waals surface area contributed by atoms with Crippen LogP contribution in [0.25, 0.3) is 0 Å². The second-order valence-electron chi connectivity index (χ2n) is 6.59. The lowest BCUT2D eigenvalue weighted by molar-refractivity contribution is 0.237. The average Bonchev–Trinajstić information content (AvgIpc) is 2.48. The van der Waals surface area contributed by atoms with Crippen molar-refractivity contribution >= 4 is 0 Å². The Hall–Kier alpha value is -0.120. The van der Waals surface area contributed by atoms with E-state index in [1.165, 1.54) is 38.8 Å². The monoisotopic (exact) mass is 255 g/mol. The van der Waals surface area contributed by atoms with E-state index < -0.39 is 0 Å². The zero-order valence-corrected chi connectivity index (χ0v) is 13.1. The van der Waals surface area contributed by atoms with Gasteiger partial charge in [0.15, 0.2) is 0 Å². The van der Waals surface area contributed by atoms with Crippen molar-refractivity contribution in [3.63, 3.8) is 0 Å². The van der Waals surface area contributed by atoms with Crippen LogP contribution in [-0.4, -0.2) is 62.7 Å². The van der Waals surface area contributed by atoms with Crippen LogP contribution >= 0.6 is 0 Å². The van der Waals surface area contributed by atoms with Gasteiger partial charge >= 0.3 is 0 Å². The van der Waals surface area contributed by atoms with E-state index in [0.717, 1.165) is 18.5 Å². The summed E-state index contributed by atoms with van der Waals surface area (Å²) >= 11 is 0. The minimum atomic E-state index is 0.672. The van der Waals surface area contributed by atoms with Crippen molar-refractivity contribution in [3.05, 3.63) is 0 Å². The summed E-state index contributed by atoms with van der Waals surface area (Å²) in [4.78, 5) is 4.83. The SMILES string of the molecule is CC(C)CC(CNC1CCCN(C)CC1)N(C)C. The number of likely N-dealkylation sites (N-methyl/N-ethyl adjacent to an activating group) is 1. The first-order chi connectivity index (χ1) is 8.49. The molecule has 1 aliphatic heterocycles. The molecule has 1 saturated heterocycles. The predicted molar refractivity (Wildman–Crippen MR) is 80.1 cm³/mol. The Morgan fingerprint density at radius 2 is 1.94 bits per heavy atom. The van der Waals surface area contributed by atoms with Gasteiger partial charge in [-0.05, 0) is 65.8 Å². The minimum Gasteiger partial charge on any atom is -0.312 e. The third kappa shape index (κ3) is 6.17. The van der Waals surface area contributed by atoms with Gasteiger partial charge in [-0.2, -0.15) is 0 Å². The predicted octanol–water partition coefficient (Wildman–Crippen LogP) is 2.04. The third-order valence-electron chi connectivity index (χ3n) is 4.07. The number of hydrogen-bond acceptors (Lipinski definition) is 3. The van der Waals surface area contributed by atoms with E-state index in [2.05, 4.69) is 50.1 Å². The van der Waals surface area contributed by atoms with E-state index >= 15 is 0 Å². The maximum absolute atomic E-state index is 3.80. The summed E-state index contributed by atoms with van der Waals surface area (Å²) in [5.41, 5.74) is 0. The molecule has 0 saturated carbocycles. The van der Waals surface area contributed by atoms with Gasteiger partial charge in [-0.3, -0.25) is 0 Å². The molecule has 0 aromatic heterocycles. The molecular weight excluding hydrogens is 222 g/mol. The molecule has 3 nitrogen and oxygen atoms in total. The third-order valence-corrected chi connectivity index (χ3v) is 4.07. The molecule has 1 aliphatic rings. The van der Waals surface area contributed by atoms with Gasteiger partial charge in [0.2, 0.25) is 0 Å². The van der Waals surface area contributed by atoms with Gasteiger partial charge in [0.1, 0.15) is 0 Å². The molecule has 0 spiro atoms. The lowest BCUT2D eigenvalue weighted by atomic mass is 10.0. The van der Waals surface area contributed by atoms with Crippen molar-refractivity contribution in [1.29, 1.82) is 0 Å². The van der Waals surface area contributed by atoms with Gasteiger partial charge in [-0.1, -0.05) is 13.8 Å². The Morgan fingerprint density at radius 1 is 1.22 bits per heavy atom. The standard InChI is InChI=1S/C15H33N3/c1-13(2)11-15(17(3)4)12-16-14-7-6-9-18(5)10-8-14/h13-16H,6-12H2,1-5H3. The highest BCUT2D eigenvalue weighted by molar-refractivity contribution is 4.78. The largest absolute Gasteiger partial charge is 0.312 e. The van der Waals surface area contributed by atoms with Gasteiger partial charge in [0, 0.05) is 18.6 Å². The van der Waals surface area contributed by atoms with Crippen LogP contribution in [0.2, 0.25) is 0 Å². The van der Waals surface area contributed by atoms with Crippen molar-refractivity contribution in [1.82, 2.24) is 15.1 Å². The van der Waals surface area contributed by atoms with Crippen LogP contribution in [-0.2, 0) is 0 Å². The first-order valence-electron chi connectivity index (χ1n) is 7.57. The molecule has 0 bridgehead atoms. The molecular formula is C15H33N3. The molecule has 2 atom stereocenters. The number of nitrogens with zero attached hydrogens (tertiary/aromatic N) is 2. The summed E-state index contributed by atoms with van der Waals surface area (Å²) in [7, 11) is 6.65. The molecule has 0 aromatic carbocycles. The van der Waals surface area contributed by atoms with E-state index in [-0.39, 0.29) is 0 Å². The quantitative estimate of drug-likeness (QED) is 0.783. The molecule has 1 fully saturated rings. The Bertz CT molecular complexity index is 216. The van der Waals surface area contributed by atoms with E-state index in [0.29, 0.717) is 6.04 Å². The van der Waals surface area contributed by atoms with E-state index in [9.17, 15) is 0 Å². The number of nitrogens with one attached hydrogen (secondary N) is 1. The molecule has 0 amide bonds. The van der Waals surface area contributed by atoms with Crippen LogP contribution in [0.15, 0.2) is 0 Å². The summed E-state index contributed by atoms with van der Waals surface area (Å²) in [6, 6.07) is 1.40. The summed E-state index contributed by atoms with van der Waals surface area (Å²) in [6.45, 7) is 8.28. The van der Waals surface area contributed by atoms with Crippen molar-refractivity contribution in [2.75, 3.05) is 40.8 Å². The highest BCUT2D eigenvalue weighted by atomic mass is 15.1. The molecule has 108 valence electrons. The summed E-state index contributed by atoms with van der Waals surface area (Å²) < 4.78 is 0. The van der Waals surface area contributed by atoms with Crippen LogP contribution in [0.1, 0.15) is 39.5 Å². The molecule has 1 N–H and O–H groups in total. The van der Waals surface area contributed by atoms with Gasteiger partial charge < -0.3 is 15.1 Å². The second-order valence-corrected chi connectivity index (χ2v) is 6.59. The highest BCUT2D eigenvalue weighted by Gasteiger charge is 2.18. The Balaban J connectivity index is 2.32. The van der Waals surface area contributed by atoms with Crippen molar-refractivity contribution in [2.45, 2.75) is 51.6 Å². The maximum Gasteiger partial charge on any atom is 0.0217 e.